The zero-order valence-corrected chi connectivity index (χ0v) is 17.3. The molecule has 1 aliphatic heterocycles. The second kappa shape index (κ2) is 10.3. The lowest BCUT2D eigenvalue weighted by atomic mass is 10.2. The Hall–Kier alpha value is -2.76. The van der Waals surface area contributed by atoms with Crippen LogP contribution >= 0.6 is 11.3 Å². The van der Waals surface area contributed by atoms with E-state index in [4.69, 9.17) is 9.90 Å². The minimum Gasteiger partial charge on any atom is -0.475 e. The van der Waals surface area contributed by atoms with Gasteiger partial charge in [-0.3, -0.25) is 4.79 Å². The van der Waals surface area contributed by atoms with Crippen molar-refractivity contribution in [3.05, 3.63) is 34.0 Å². The molecule has 0 aromatic carbocycles. The van der Waals surface area contributed by atoms with E-state index in [9.17, 15) is 18.0 Å². The molecule has 0 fully saturated rings. The summed E-state index contributed by atoms with van der Waals surface area (Å²) >= 11 is 1.54. The largest absolute Gasteiger partial charge is 0.490 e. The summed E-state index contributed by atoms with van der Waals surface area (Å²) in [7, 11) is 0. The lowest BCUT2D eigenvalue weighted by Gasteiger charge is -2.19. The van der Waals surface area contributed by atoms with Crippen LogP contribution in [-0.2, 0) is 17.6 Å². The van der Waals surface area contributed by atoms with Crippen LogP contribution in [0.3, 0.4) is 0 Å². The van der Waals surface area contributed by atoms with Crippen molar-refractivity contribution < 1.29 is 27.9 Å². The Balaban J connectivity index is 0.000000396. The fraction of sp³-hybridized carbons (Fsp3) is 0.500. The predicted molar refractivity (Wildman–Crippen MR) is 105 cm³/mol. The molecule has 0 aliphatic carbocycles. The molecule has 0 saturated heterocycles. The molecule has 1 amide bonds. The van der Waals surface area contributed by atoms with E-state index in [1.807, 2.05) is 24.8 Å². The first-order valence-corrected chi connectivity index (χ1v) is 10.1. The summed E-state index contributed by atoms with van der Waals surface area (Å²) < 4.78 is 31.7. The number of nitrogens with zero attached hydrogens (tertiary/aromatic N) is 5. The van der Waals surface area contributed by atoms with Crippen LogP contribution in [0.25, 0.3) is 0 Å². The number of rotatable bonds is 4. The molecule has 0 saturated carbocycles. The first-order chi connectivity index (χ1) is 14.2. The van der Waals surface area contributed by atoms with E-state index in [2.05, 4.69) is 19.9 Å². The van der Waals surface area contributed by atoms with Crippen LogP contribution in [0.5, 0.6) is 0 Å². The standard InChI is InChI=1S/C16H21N5OS.C2HF3O2/c1-3-20(4-2)15(22)14-19-12-6-10-21(11-7-13(12)23-14)16-17-8-5-9-18-16;3-2(4,5)1(6)7/h5,8-9H,3-4,6-7,10-11H2,1-2H3;(H,6,7). The Morgan fingerprint density at radius 2 is 1.73 bits per heavy atom. The van der Waals surface area contributed by atoms with Crippen LogP contribution in [0.4, 0.5) is 19.1 Å². The van der Waals surface area contributed by atoms with Crippen molar-refractivity contribution in [3.63, 3.8) is 0 Å². The molecule has 0 unspecified atom stereocenters. The smallest absolute Gasteiger partial charge is 0.475 e. The number of carbonyl (C=O) groups excluding carboxylic acids is 1. The molecule has 2 aromatic heterocycles. The maximum absolute atomic E-state index is 12.4. The van der Waals surface area contributed by atoms with E-state index in [1.165, 1.54) is 4.88 Å². The van der Waals surface area contributed by atoms with Gasteiger partial charge < -0.3 is 14.9 Å². The number of anilines is 1. The van der Waals surface area contributed by atoms with Gasteiger partial charge in [0.25, 0.3) is 5.91 Å². The predicted octanol–water partition coefficient (Wildman–Crippen LogP) is 2.65. The summed E-state index contributed by atoms with van der Waals surface area (Å²) in [6.07, 6.45) is 0.163. The van der Waals surface area contributed by atoms with Gasteiger partial charge in [-0.05, 0) is 19.9 Å². The van der Waals surface area contributed by atoms with Gasteiger partial charge in [-0.1, -0.05) is 0 Å². The summed E-state index contributed by atoms with van der Waals surface area (Å²) in [5.74, 6) is -1.94. The molecule has 3 rings (SSSR count). The average Bonchev–Trinajstić information content (AvgIpc) is 3.02. The molecule has 8 nitrogen and oxygen atoms in total. The van der Waals surface area contributed by atoms with Crippen LogP contribution in [-0.4, -0.2) is 69.2 Å². The van der Waals surface area contributed by atoms with Gasteiger partial charge in [0.15, 0.2) is 5.01 Å². The van der Waals surface area contributed by atoms with Crippen molar-refractivity contribution in [2.45, 2.75) is 32.9 Å². The molecule has 1 aliphatic rings. The fourth-order valence-electron chi connectivity index (χ4n) is 2.76. The Bertz CT molecular complexity index is 831. The number of carboxylic acids is 1. The van der Waals surface area contributed by atoms with Crippen molar-refractivity contribution in [3.8, 4) is 0 Å². The maximum atomic E-state index is 12.4. The van der Waals surface area contributed by atoms with Crippen LogP contribution in [0.2, 0.25) is 0 Å². The van der Waals surface area contributed by atoms with Crippen LogP contribution in [0.15, 0.2) is 18.5 Å². The summed E-state index contributed by atoms with van der Waals surface area (Å²) in [6.45, 7) is 7.13. The number of amides is 1. The Morgan fingerprint density at radius 3 is 2.27 bits per heavy atom. The van der Waals surface area contributed by atoms with Gasteiger partial charge in [-0.25, -0.2) is 19.7 Å². The molecule has 0 atom stereocenters. The van der Waals surface area contributed by atoms with Crippen LogP contribution in [0, 0.1) is 0 Å². The highest BCUT2D eigenvalue weighted by Crippen LogP contribution is 2.25. The molecule has 164 valence electrons. The normalized spacial score (nSPS) is 13.6. The number of hydrogen-bond donors (Lipinski definition) is 1. The third-order valence-corrected chi connectivity index (χ3v) is 5.46. The van der Waals surface area contributed by atoms with Crippen LogP contribution in [0.1, 0.15) is 34.2 Å². The summed E-state index contributed by atoms with van der Waals surface area (Å²) in [5.41, 5.74) is 1.06. The Labute approximate surface area is 175 Å². The molecule has 12 heteroatoms. The van der Waals surface area contributed by atoms with Crippen molar-refractivity contribution in [2.75, 3.05) is 31.1 Å². The summed E-state index contributed by atoms with van der Waals surface area (Å²) in [4.78, 5) is 39.8. The highest BCUT2D eigenvalue weighted by Gasteiger charge is 2.38. The van der Waals surface area contributed by atoms with Gasteiger partial charge in [0.05, 0.1) is 5.69 Å². The Kier molecular flexibility index (Phi) is 8.09. The highest BCUT2D eigenvalue weighted by molar-refractivity contribution is 7.13. The van der Waals surface area contributed by atoms with E-state index in [0.717, 1.165) is 50.7 Å². The topological polar surface area (TPSA) is 99.5 Å². The average molecular weight is 445 g/mol. The lowest BCUT2D eigenvalue weighted by Crippen LogP contribution is -2.30. The van der Waals surface area contributed by atoms with Crippen molar-refractivity contribution in [2.24, 2.45) is 0 Å². The van der Waals surface area contributed by atoms with E-state index in [0.29, 0.717) is 5.01 Å². The number of carboxylic acid groups (broad SMARTS) is 1. The van der Waals surface area contributed by atoms with Gasteiger partial charge in [-0.2, -0.15) is 13.2 Å². The number of alkyl halides is 3. The number of aromatic nitrogens is 3. The van der Waals surface area contributed by atoms with Crippen molar-refractivity contribution >= 4 is 29.2 Å². The SMILES string of the molecule is CCN(CC)C(=O)c1nc2c(s1)CCN(c1ncccn1)CC2.O=C(O)C(F)(F)F. The van der Waals surface area contributed by atoms with Gasteiger partial charge in [-0.15, -0.1) is 11.3 Å². The minimum atomic E-state index is -5.08. The van der Waals surface area contributed by atoms with Crippen LogP contribution < -0.4 is 4.90 Å². The lowest BCUT2D eigenvalue weighted by molar-refractivity contribution is -0.192. The number of hydrogen-bond acceptors (Lipinski definition) is 7. The number of thiazole rings is 1. The monoisotopic (exact) mass is 445 g/mol. The first kappa shape index (κ1) is 23.5. The molecular formula is C18H22F3N5O3S. The third-order valence-electron chi connectivity index (χ3n) is 4.32. The van der Waals surface area contributed by atoms with E-state index in [-0.39, 0.29) is 5.91 Å². The maximum Gasteiger partial charge on any atom is 0.490 e. The summed E-state index contributed by atoms with van der Waals surface area (Å²) in [6, 6.07) is 1.82. The minimum absolute atomic E-state index is 0.0522. The molecule has 0 bridgehead atoms. The zero-order chi connectivity index (χ0) is 22.3. The molecular weight excluding hydrogens is 423 g/mol. The second-order valence-corrected chi connectivity index (χ2v) is 7.29. The Morgan fingerprint density at radius 1 is 1.17 bits per heavy atom. The molecule has 1 N–H and O–H groups in total. The quantitative estimate of drug-likeness (QED) is 0.772. The fourth-order valence-corrected chi connectivity index (χ4v) is 3.82. The molecule has 0 radical (unpaired) electrons. The van der Waals surface area contributed by atoms with E-state index < -0.39 is 12.1 Å². The van der Waals surface area contributed by atoms with E-state index in [1.54, 1.807) is 23.7 Å². The van der Waals surface area contributed by atoms with Gasteiger partial charge in [0.1, 0.15) is 0 Å². The van der Waals surface area contributed by atoms with E-state index >= 15 is 0 Å². The van der Waals surface area contributed by atoms with Gasteiger partial charge in [0, 0.05) is 56.3 Å². The van der Waals surface area contributed by atoms with Gasteiger partial charge in [0.2, 0.25) is 5.95 Å². The molecule has 30 heavy (non-hydrogen) atoms. The molecule has 3 heterocycles. The highest BCUT2D eigenvalue weighted by atomic mass is 32.1. The van der Waals surface area contributed by atoms with Gasteiger partial charge >= 0.3 is 12.1 Å². The summed E-state index contributed by atoms with van der Waals surface area (Å²) in [5, 5.41) is 7.75. The number of fused-ring (bicyclic) bond motifs is 1. The number of halogens is 3. The molecule has 2 aromatic rings. The number of aliphatic carboxylic acids is 1. The molecule has 0 spiro atoms. The number of carbonyl (C=O) groups is 2. The van der Waals surface area contributed by atoms with Crippen molar-refractivity contribution in [1.82, 2.24) is 19.9 Å². The second-order valence-electron chi connectivity index (χ2n) is 6.21. The van der Waals surface area contributed by atoms with Crippen molar-refractivity contribution in [1.29, 1.82) is 0 Å². The first-order valence-electron chi connectivity index (χ1n) is 9.27. The third kappa shape index (κ3) is 6.12. The zero-order valence-electron chi connectivity index (χ0n) is 16.5.